The zero-order valence-electron chi connectivity index (χ0n) is 19.2. The number of para-hydroxylation sites is 1. The van der Waals surface area contributed by atoms with Crippen LogP contribution in [-0.2, 0) is 13.1 Å². The van der Waals surface area contributed by atoms with E-state index < -0.39 is 5.91 Å². The number of halogens is 2. The maximum absolute atomic E-state index is 12.5. The van der Waals surface area contributed by atoms with Gasteiger partial charge in [0, 0.05) is 46.8 Å². The van der Waals surface area contributed by atoms with E-state index in [1.165, 1.54) is 10.9 Å². The van der Waals surface area contributed by atoms with Gasteiger partial charge >= 0.3 is 5.91 Å². The fraction of sp³-hybridized carbons (Fsp3) is 0.167. The Morgan fingerprint density at radius 1 is 1.08 bits per heavy atom. The first-order valence-electron chi connectivity index (χ1n) is 11.1. The Kier molecular flexibility index (Phi) is 8.57. The number of fused-ring (bicyclic) bond motifs is 1. The van der Waals surface area contributed by atoms with Crippen molar-refractivity contribution in [2.45, 2.75) is 13.1 Å². The number of carbonyl (C=O) groups is 1. The van der Waals surface area contributed by atoms with E-state index in [4.69, 9.17) is 23.1 Å². The van der Waals surface area contributed by atoms with Crippen molar-refractivity contribution in [3.8, 4) is 0 Å². The molecule has 0 aliphatic heterocycles. The number of anilines is 2. The molecule has 4 aromatic rings. The van der Waals surface area contributed by atoms with Crippen LogP contribution in [0.3, 0.4) is 0 Å². The zero-order valence-corrected chi connectivity index (χ0v) is 22.1. The largest absolute Gasteiger partial charge is 0.382 e. The molecule has 0 aliphatic rings. The Morgan fingerprint density at radius 2 is 1.86 bits per heavy atom. The Hall–Kier alpha value is -3.42. The number of aliphatic imine (C=N–C) groups is 1. The second-order valence-electron chi connectivity index (χ2n) is 7.84. The lowest BCUT2D eigenvalue weighted by Crippen LogP contribution is -2.37. The van der Waals surface area contributed by atoms with Crippen molar-refractivity contribution in [3.63, 3.8) is 0 Å². The number of benzene rings is 2. The van der Waals surface area contributed by atoms with E-state index in [0.29, 0.717) is 26.2 Å². The average Bonchev–Trinajstić information content (AvgIpc) is 3.28. The van der Waals surface area contributed by atoms with Gasteiger partial charge in [-0.25, -0.2) is 9.97 Å². The van der Waals surface area contributed by atoms with Gasteiger partial charge in [-0.15, -0.1) is 0 Å². The molecule has 0 bridgehead atoms. The molecule has 1 amide bonds. The molecule has 186 valence electrons. The average molecular weight is 618 g/mol. The van der Waals surface area contributed by atoms with E-state index >= 15 is 0 Å². The monoisotopic (exact) mass is 617 g/mol. The Bertz CT molecular complexity index is 1390. The highest BCUT2D eigenvalue weighted by Crippen LogP contribution is 2.22. The van der Waals surface area contributed by atoms with Gasteiger partial charge in [-0.2, -0.15) is 4.99 Å². The van der Waals surface area contributed by atoms with Crippen LogP contribution >= 0.6 is 34.2 Å². The van der Waals surface area contributed by atoms with E-state index in [2.05, 4.69) is 64.6 Å². The van der Waals surface area contributed by atoms with Gasteiger partial charge in [0.15, 0.2) is 28.4 Å². The van der Waals surface area contributed by atoms with Crippen molar-refractivity contribution in [1.29, 1.82) is 0 Å². The summed E-state index contributed by atoms with van der Waals surface area (Å²) in [4.78, 5) is 27.8. The topological polar surface area (TPSA) is 159 Å². The second-order valence-corrected chi connectivity index (χ2v) is 9.45. The third-order valence-corrected chi connectivity index (χ3v) is 6.26. The molecule has 36 heavy (non-hydrogen) atoms. The number of carbonyl (C=O) groups excluding carboxylic acids is 1. The molecular weight excluding hydrogens is 593 g/mol. The fourth-order valence-electron chi connectivity index (χ4n) is 3.47. The number of rotatable bonds is 9. The minimum atomic E-state index is -0.733. The number of nitrogens with one attached hydrogen (secondary N) is 4. The zero-order chi connectivity index (χ0) is 25.5. The van der Waals surface area contributed by atoms with Crippen LogP contribution < -0.4 is 27.4 Å². The minimum Gasteiger partial charge on any atom is -0.382 e. The maximum atomic E-state index is 12.5. The molecule has 4 rings (SSSR count). The maximum Gasteiger partial charge on any atom is 0.302 e. The molecule has 0 spiro atoms. The lowest BCUT2D eigenvalue weighted by Gasteiger charge is -2.10. The number of nitrogens with zero attached hydrogens (tertiary/aromatic N) is 3. The van der Waals surface area contributed by atoms with Gasteiger partial charge in [0.2, 0.25) is 0 Å². The third-order valence-electron chi connectivity index (χ3n) is 5.28. The van der Waals surface area contributed by atoms with E-state index in [1.807, 2.05) is 48.7 Å². The molecule has 0 saturated carbocycles. The van der Waals surface area contributed by atoms with Crippen LogP contribution in [0.2, 0.25) is 5.15 Å². The quantitative estimate of drug-likeness (QED) is 0.0723. The van der Waals surface area contributed by atoms with Gasteiger partial charge in [-0.05, 0) is 51.9 Å². The molecule has 8 N–H and O–H groups in total. The molecule has 2 heterocycles. The van der Waals surface area contributed by atoms with Crippen LogP contribution in [0.1, 0.15) is 21.6 Å². The van der Waals surface area contributed by atoms with Crippen molar-refractivity contribution in [2.75, 3.05) is 24.1 Å². The van der Waals surface area contributed by atoms with Gasteiger partial charge in [0.1, 0.15) is 0 Å². The van der Waals surface area contributed by atoms with Crippen LogP contribution in [0.25, 0.3) is 10.9 Å². The van der Waals surface area contributed by atoms with Crippen molar-refractivity contribution in [1.82, 2.24) is 25.6 Å². The molecule has 2 aromatic carbocycles. The Morgan fingerprint density at radius 3 is 2.67 bits per heavy atom. The standard InChI is InChI=1S/C24H25ClIN9O/c25-20-22(32-11-14-5-7-16(26)8-6-14)34-21(27)19(33-20)23(36)35-24(28)30-10-9-29-12-15-13-31-18-4-2-1-3-17(15)18/h1-8,13,29,31H,9-12H2,(H3,27,32,34)(H3,28,30,35,36). The third kappa shape index (κ3) is 6.62. The first-order chi connectivity index (χ1) is 17.4. The predicted molar refractivity (Wildman–Crippen MR) is 152 cm³/mol. The summed E-state index contributed by atoms with van der Waals surface area (Å²) in [6.07, 6.45) is 1.99. The summed E-state index contributed by atoms with van der Waals surface area (Å²) in [5.41, 5.74) is 14.9. The molecule has 12 heteroatoms. The number of guanidine groups is 1. The van der Waals surface area contributed by atoms with Crippen LogP contribution in [0.15, 0.2) is 59.7 Å². The first-order valence-corrected chi connectivity index (χ1v) is 12.6. The van der Waals surface area contributed by atoms with E-state index in [9.17, 15) is 4.79 Å². The molecule has 0 unspecified atom stereocenters. The van der Waals surface area contributed by atoms with Crippen molar-refractivity contribution < 1.29 is 4.79 Å². The highest BCUT2D eigenvalue weighted by molar-refractivity contribution is 14.1. The normalized spacial score (nSPS) is 11.6. The number of H-pyrrole nitrogens is 1. The fourth-order valence-corrected chi connectivity index (χ4v) is 4.02. The summed E-state index contributed by atoms with van der Waals surface area (Å²) in [7, 11) is 0. The number of amides is 1. The molecule has 2 aromatic heterocycles. The first kappa shape index (κ1) is 25.7. The molecular formula is C24H25ClIN9O. The number of nitrogens with two attached hydrogens (primary N) is 2. The summed E-state index contributed by atoms with van der Waals surface area (Å²) >= 11 is 8.46. The van der Waals surface area contributed by atoms with Crippen LogP contribution in [0, 0.1) is 3.57 Å². The number of hydrogen-bond acceptors (Lipinski definition) is 6. The SMILES string of the molecule is N/C(=N\C(=O)c1nc(Cl)c(NCc2ccc(I)cc2)nc1N)NCCNCc1c[nH]c2ccccc12. The Labute approximate surface area is 226 Å². The molecule has 0 saturated heterocycles. The highest BCUT2D eigenvalue weighted by Gasteiger charge is 2.17. The summed E-state index contributed by atoms with van der Waals surface area (Å²) in [6.45, 7) is 2.24. The van der Waals surface area contributed by atoms with Crippen molar-refractivity contribution in [2.24, 2.45) is 10.7 Å². The van der Waals surface area contributed by atoms with Gasteiger partial charge in [0.25, 0.3) is 0 Å². The Balaban J connectivity index is 1.27. The minimum absolute atomic E-state index is 0.0151. The number of aromatic amines is 1. The predicted octanol–water partition coefficient (Wildman–Crippen LogP) is 3.24. The molecule has 0 radical (unpaired) electrons. The lowest BCUT2D eigenvalue weighted by molar-refractivity contribution is 0.0998. The molecule has 10 nitrogen and oxygen atoms in total. The van der Waals surface area contributed by atoms with Crippen molar-refractivity contribution in [3.05, 3.63) is 80.3 Å². The van der Waals surface area contributed by atoms with E-state index in [1.54, 1.807) is 0 Å². The number of nitrogen functional groups attached to an aromatic ring is 1. The van der Waals surface area contributed by atoms with Crippen molar-refractivity contribution >= 4 is 68.6 Å². The van der Waals surface area contributed by atoms with E-state index in [0.717, 1.165) is 14.7 Å². The summed E-state index contributed by atoms with van der Waals surface area (Å²) in [5.74, 6) is -0.595. The van der Waals surface area contributed by atoms with E-state index in [-0.39, 0.29) is 28.4 Å². The molecule has 0 aliphatic carbocycles. The number of aromatic nitrogens is 3. The van der Waals surface area contributed by atoms with Gasteiger partial charge in [-0.1, -0.05) is 41.9 Å². The second kappa shape index (κ2) is 12.0. The highest BCUT2D eigenvalue weighted by atomic mass is 127. The van der Waals surface area contributed by atoms with Crippen LogP contribution in [0.4, 0.5) is 11.6 Å². The summed E-state index contributed by atoms with van der Waals surface area (Å²) in [6, 6.07) is 16.1. The summed E-state index contributed by atoms with van der Waals surface area (Å²) in [5, 5.41) is 10.5. The van der Waals surface area contributed by atoms with Gasteiger partial charge in [0.05, 0.1) is 0 Å². The summed E-state index contributed by atoms with van der Waals surface area (Å²) < 4.78 is 1.14. The van der Waals surface area contributed by atoms with Crippen LogP contribution in [0.5, 0.6) is 0 Å². The van der Waals surface area contributed by atoms with Crippen LogP contribution in [-0.4, -0.2) is 39.9 Å². The molecule has 0 atom stereocenters. The lowest BCUT2D eigenvalue weighted by atomic mass is 10.2. The smallest absolute Gasteiger partial charge is 0.302 e. The molecule has 0 fully saturated rings. The van der Waals surface area contributed by atoms with Gasteiger partial charge < -0.3 is 32.4 Å². The number of hydrogen-bond donors (Lipinski definition) is 6. The van der Waals surface area contributed by atoms with Gasteiger partial charge in [-0.3, -0.25) is 4.79 Å².